The maximum absolute atomic E-state index is 13.2. The number of quaternary nitrogens is 1. The van der Waals surface area contributed by atoms with E-state index in [-0.39, 0.29) is 11.3 Å². The number of Topliss-reactive ketones (excluding diaryl/α,β-unsaturated/α-hetero) is 1. The van der Waals surface area contributed by atoms with Crippen LogP contribution in [0.5, 0.6) is 0 Å². The van der Waals surface area contributed by atoms with Crippen LogP contribution in [0.15, 0.2) is 60.4 Å². The highest BCUT2D eigenvalue weighted by atomic mass is 16.3. The van der Waals surface area contributed by atoms with Gasteiger partial charge in [-0.1, -0.05) is 36.1 Å². The van der Waals surface area contributed by atoms with Crippen molar-refractivity contribution in [2.75, 3.05) is 26.2 Å². The fourth-order valence-electron chi connectivity index (χ4n) is 3.84. The zero-order valence-corrected chi connectivity index (χ0v) is 16.9. The van der Waals surface area contributed by atoms with Gasteiger partial charge in [0.15, 0.2) is 0 Å². The van der Waals surface area contributed by atoms with Gasteiger partial charge < -0.3 is 14.9 Å². The molecular weight excluding hydrogens is 366 g/mol. The quantitative estimate of drug-likeness (QED) is 0.405. The van der Waals surface area contributed by atoms with Crippen LogP contribution in [-0.4, -0.2) is 47.8 Å². The molecule has 1 atom stereocenters. The number of likely N-dealkylation sites (tertiary alicyclic amines) is 1. The number of nitrogens with zero attached hydrogens (tertiary/aromatic N) is 2. The summed E-state index contributed by atoms with van der Waals surface area (Å²) < 4.78 is 0. The summed E-state index contributed by atoms with van der Waals surface area (Å²) in [6.07, 6.45) is 4.00. The first-order valence-electron chi connectivity index (χ1n) is 10.1. The normalized spacial score (nSPS) is 18.6. The van der Waals surface area contributed by atoms with E-state index in [0.29, 0.717) is 12.1 Å². The molecule has 0 radical (unpaired) electrons. The van der Waals surface area contributed by atoms with E-state index in [9.17, 15) is 14.7 Å². The predicted octanol–water partition coefficient (Wildman–Crippen LogP) is 0.620. The minimum atomic E-state index is -0.698. The Kier molecular flexibility index (Phi) is 6.77. The second kappa shape index (κ2) is 9.47. The summed E-state index contributed by atoms with van der Waals surface area (Å²) in [5, 5.41) is 13.2. The molecule has 0 spiro atoms. The molecule has 3 rings (SSSR count). The van der Waals surface area contributed by atoms with Gasteiger partial charge in [-0.05, 0) is 37.1 Å². The summed E-state index contributed by atoms with van der Waals surface area (Å²) in [6, 6.07) is 11.5. The van der Waals surface area contributed by atoms with Crippen molar-refractivity contribution in [1.82, 2.24) is 9.88 Å². The first kappa shape index (κ1) is 20.7. The van der Waals surface area contributed by atoms with Crippen molar-refractivity contribution in [3.05, 3.63) is 71.6 Å². The second-order valence-corrected chi connectivity index (χ2v) is 7.18. The van der Waals surface area contributed by atoms with Crippen LogP contribution in [0.2, 0.25) is 0 Å². The standard InChI is InChI=1S/C23H27N3O3/c1-3-25(4-2)15-8-16-26-20(17-11-13-24-14-12-17)19(22(28)23(26)29)21(27)18-9-6-5-7-10-18/h5-7,9-14,20,27H,3-4,8,15-16H2,1-2H3/b21-19+. The third-order valence-corrected chi connectivity index (χ3v) is 5.52. The highest BCUT2D eigenvalue weighted by Crippen LogP contribution is 2.38. The lowest BCUT2D eigenvalue weighted by molar-refractivity contribution is -0.896. The van der Waals surface area contributed by atoms with Gasteiger partial charge >= 0.3 is 0 Å². The molecule has 2 heterocycles. The van der Waals surface area contributed by atoms with Crippen LogP contribution >= 0.6 is 0 Å². The highest BCUT2D eigenvalue weighted by molar-refractivity contribution is 6.46. The van der Waals surface area contributed by atoms with Gasteiger partial charge in [-0.25, -0.2) is 0 Å². The fraction of sp³-hybridized carbons (Fsp3) is 0.348. The largest absolute Gasteiger partial charge is 0.872 e. The van der Waals surface area contributed by atoms with Gasteiger partial charge in [0.25, 0.3) is 5.91 Å². The molecule has 1 N–H and O–H groups in total. The lowest BCUT2D eigenvalue weighted by Crippen LogP contribution is -3.11. The van der Waals surface area contributed by atoms with E-state index >= 15 is 0 Å². The topological polar surface area (TPSA) is 77.8 Å². The molecule has 1 saturated heterocycles. The molecule has 6 heteroatoms. The zero-order chi connectivity index (χ0) is 20.8. The molecule has 1 aromatic carbocycles. The van der Waals surface area contributed by atoms with Crippen molar-refractivity contribution in [3.63, 3.8) is 0 Å². The van der Waals surface area contributed by atoms with Gasteiger partial charge in [0.2, 0.25) is 5.78 Å². The summed E-state index contributed by atoms with van der Waals surface area (Å²) >= 11 is 0. The van der Waals surface area contributed by atoms with Gasteiger partial charge in [-0.3, -0.25) is 14.6 Å². The minimum absolute atomic E-state index is 0.0302. The van der Waals surface area contributed by atoms with E-state index in [1.807, 2.05) is 6.07 Å². The van der Waals surface area contributed by atoms with Gasteiger partial charge in [0, 0.05) is 30.9 Å². The average molecular weight is 393 g/mol. The Morgan fingerprint density at radius 2 is 1.72 bits per heavy atom. The summed E-state index contributed by atoms with van der Waals surface area (Å²) in [5.41, 5.74) is 1.17. The van der Waals surface area contributed by atoms with Gasteiger partial charge in [0.1, 0.15) is 0 Å². The Hall–Kier alpha value is -2.99. The van der Waals surface area contributed by atoms with E-state index in [1.54, 1.807) is 53.7 Å². The van der Waals surface area contributed by atoms with E-state index in [4.69, 9.17) is 0 Å². The summed E-state index contributed by atoms with van der Waals surface area (Å²) in [5.74, 6) is -1.68. The number of hydrogen-bond donors (Lipinski definition) is 1. The smallest absolute Gasteiger partial charge is 0.295 e. The summed E-state index contributed by atoms with van der Waals surface area (Å²) in [6.45, 7) is 7.64. The van der Waals surface area contributed by atoms with Gasteiger partial charge in [0.05, 0.1) is 25.7 Å². The first-order valence-corrected chi connectivity index (χ1v) is 10.1. The molecule has 1 aliphatic rings. The van der Waals surface area contributed by atoms with Gasteiger partial charge in [-0.15, -0.1) is 0 Å². The van der Waals surface area contributed by atoms with Crippen LogP contribution in [0.1, 0.15) is 37.4 Å². The van der Waals surface area contributed by atoms with E-state index < -0.39 is 17.7 Å². The van der Waals surface area contributed by atoms with Crippen LogP contribution in [-0.2, 0) is 9.59 Å². The number of hydrogen-bond acceptors (Lipinski definition) is 4. The molecule has 1 aromatic heterocycles. The molecule has 0 bridgehead atoms. The molecule has 1 fully saturated rings. The molecule has 1 unspecified atom stereocenters. The number of benzene rings is 1. The van der Waals surface area contributed by atoms with Crippen molar-refractivity contribution in [3.8, 4) is 0 Å². The monoisotopic (exact) mass is 393 g/mol. The van der Waals surface area contributed by atoms with Crippen LogP contribution in [0, 0.1) is 0 Å². The number of ketones is 1. The summed E-state index contributed by atoms with van der Waals surface area (Å²) in [7, 11) is 0. The van der Waals surface area contributed by atoms with Crippen LogP contribution in [0.4, 0.5) is 0 Å². The zero-order valence-electron chi connectivity index (χ0n) is 16.9. The minimum Gasteiger partial charge on any atom is -0.872 e. The second-order valence-electron chi connectivity index (χ2n) is 7.18. The van der Waals surface area contributed by atoms with E-state index in [2.05, 4.69) is 18.8 Å². The predicted molar refractivity (Wildman–Crippen MR) is 109 cm³/mol. The number of pyridine rings is 1. The number of nitrogens with one attached hydrogen (secondary N) is 1. The Balaban J connectivity index is 1.98. The Morgan fingerprint density at radius 1 is 1.07 bits per heavy atom. The van der Waals surface area contributed by atoms with Crippen molar-refractivity contribution >= 4 is 17.4 Å². The molecule has 2 aromatic rings. The van der Waals surface area contributed by atoms with Gasteiger partial charge in [-0.2, -0.15) is 0 Å². The molecule has 0 saturated carbocycles. The molecule has 1 aliphatic heterocycles. The Bertz CT molecular complexity index is 877. The molecule has 152 valence electrons. The highest BCUT2D eigenvalue weighted by Gasteiger charge is 2.43. The van der Waals surface area contributed by atoms with Crippen LogP contribution < -0.4 is 10.0 Å². The number of aromatic nitrogens is 1. The van der Waals surface area contributed by atoms with Crippen LogP contribution in [0.3, 0.4) is 0 Å². The van der Waals surface area contributed by atoms with Crippen LogP contribution in [0.25, 0.3) is 5.76 Å². The lowest BCUT2D eigenvalue weighted by atomic mass is 9.96. The molecule has 6 nitrogen and oxygen atoms in total. The third-order valence-electron chi connectivity index (χ3n) is 5.52. The number of amides is 1. The van der Waals surface area contributed by atoms with E-state index in [0.717, 1.165) is 31.6 Å². The molecular formula is C23H27N3O3. The third kappa shape index (κ3) is 4.38. The van der Waals surface area contributed by atoms with Crippen molar-refractivity contribution in [2.45, 2.75) is 26.3 Å². The summed E-state index contributed by atoms with van der Waals surface area (Å²) in [4.78, 5) is 32.7. The first-order chi connectivity index (χ1) is 14.1. The Labute approximate surface area is 171 Å². The molecule has 29 heavy (non-hydrogen) atoms. The SMILES string of the molecule is CC[NH+](CC)CCCN1C(=O)C(=O)/C(=C(/[O-])c2ccccc2)C1c1ccncc1. The number of carbonyl (C=O) groups is 2. The number of carbonyl (C=O) groups excluding carboxylic acids is 2. The van der Waals surface area contributed by atoms with E-state index in [1.165, 1.54) is 4.90 Å². The Morgan fingerprint density at radius 3 is 2.34 bits per heavy atom. The maximum atomic E-state index is 13.2. The number of rotatable bonds is 8. The average Bonchev–Trinajstić information content (AvgIpc) is 3.02. The lowest BCUT2D eigenvalue weighted by Gasteiger charge is -2.28. The van der Waals surface area contributed by atoms with Crippen molar-refractivity contribution < 1.29 is 19.6 Å². The maximum Gasteiger partial charge on any atom is 0.295 e. The van der Waals surface area contributed by atoms with Crippen molar-refractivity contribution in [1.29, 1.82) is 0 Å². The van der Waals surface area contributed by atoms with Crippen molar-refractivity contribution in [2.24, 2.45) is 0 Å². The molecule has 1 amide bonds. The molecule has 0 aliphatic carbocycles. The fourth-order valence-corrected chi connectivity index (χ4v) is 3.84.